The van der Waals surface area contributed by atoms with Crippen LogP contribution in [0.4, 0.5) is 4.39 Å². The SMILES string of the molecule is CNCC1CCN(S(=O)(=O)c2cc(Cl)c(Br)cc2F)C1. The molecule has 1 heterocycles. The van der Waals surface area contributed by atoms with Crippen molar-refractivity contribution in [2.45, 2.75) is 11.3 Å². The molecule has 1 aromatic rings. The summed E-state index contributed by atoms with van der Waals surface area (Å²) < 4.78 is 40.5. The van der Waals surface area contributed by atoms with Crippen molar-refractivity contribution in [3.8, 4) is 0 Å². The number of hydrogen-bond acceptors (Lipinski definition) is 3. The van der Waals surface area contributed by atoms with Gasteiger partial charge in [0.05, 0.1) is 5.02 Å². The molecule has 0 spiro atoms. The van der Waals surface area contributed by atoms with Crippen LogP contribution in [0, 0.1) is 11.7 Å². The van der Waals surface area contributed by atoms with Crippen molar-refractivity contribution in [3.05, 3.63) is 27.4 Å². The van der Waals surface area contributed by atoms with Crippen LogP contribution in [0.3, 0.4) is 0 Å². The Labute approximate surface area is 131 Å². The van der Waals surface area contributed by atoms with E-state index in [0.717, 1.165) is 25.1 Å². The molecular weight excluding hydrogens is 371 g/mol. The third-order valence-corrected chi connectivity index (χ3v) is 6.41. The summed E-state index contributed by atoms with van der Waals surface area (Å²) in [5.74, 6) is -0.540. The van der Waals surface area contributed by atoms with Crippen molar-refractivity contribution in [2.75, 3.05) is 26.7 Å². The van der Waals surface area contributed by atoms with Gasteiger partial charge in [-0.2, -0.15) is 4.31 Å². The first-order chi connectivity index (χ1) is 9.36. The van der Waals surface area contributed by atoms with Gasteiger partial charge in [0.25, 0.3) is 0 Å². The van der Waals surface area contributed by atoms with Crippen LogP contribution in [0.1, 0.15) is 6.42 Å². The zero-order valence-electron chi connectivity index (χ0n) is 10.9. The van der Waals surface area contributed by atoms with Gasteiger partial charge in [0.1, 0.15) is 10.7 Å². The van der Waals surface area contributed by atoms with Gasteiger partial charge in [-0.05, 0) is 54.0 Å². The van der Waals surface area contributed by atoms with E-state index in [-0.39, 0.29) is 15.8 Å². The molecule has 112 valence electrons. The van der Waals surface area contributed by atoms with Crippen molar-refractivity contribution < 1.29 is 12.8 Å². The van der Waals surface area contributed by atoms with Crippen LogP contribution in [-0.4, -0.2) is 39.4 Å². The first-order valence-corrected chi connectivity index (χ1v) is 8.76. The van der Waals surface area contributed by atoms with Crippen molar-refractivity contribution in [2.24, 2.45) is 5.92 Å². The Morgan fingerprint density at radius 3 is 2.90 bits per heavy atom. The first-order valence-electron chi connectivity index (χ1n) is 6.15. The van der Waals surface area contributed by atoms with E-state index in [2.05, 4.69) is 21.2 Å². The molecule has 1 aliphatic rings. The summed E-state index contributed by atoms with van der Waals surface area (Å²) in [6.07, 6.45) is 0.770. The van der Waals surface area contributed by atoms with Gasteiger partial charge in [0.15, 0.2) is 0 Å². The Balaban J connectivity index is 2.30. The number of sulfonamides is 1. The van der Waals surface area contributed by atoms with Crippen LogP contribution >= 0.6 is 27.5 Å². The molecule has 4 nitrogen and oxygen atoms in total. The summed E-state index contributed by atoms with van der Waals surface area (Å²) in [4.78, 5) is -0.365. The summed E-state index contributed by atoms with van der Waals surface area (Å²) in [7, 11) is -2.01. The maximum absolute atomic E-state index is 13.9. The van der Waals surface area contributed by atoms with E-state index in [1.54, 1.807) is 0 Å². The van der Waals surface area contributed by atoms with Gasteiger partial charge < -0.3 is 5.32 Å². The maximum atomic E-state index is 13.9. The van der Waals surface area contributed by atoms with Crippen LogP contribution in [0.15, 0.2) is 21.5 Å². The molecular formula is C12H15BrClFN2O2S. The second-order valence-electron chi connectivity index (χ2n) is 4.77. The predicted octanol–water partition coefficient (Wildman–Crippen LogP) is 2.47. The predicted molar refractivity (Wildman–Crippen MR) is 79.9 cm³/mol. The van der Waals surface area contributed by atoms with E-state index in [1.165, 1.54) is 4.31 Å². The zero-order valence-corrected chi connectivity index (χ0v) is 14.0. The minimum Gasteiger partial charge on any atom is -0.319 e. The topological polar surface area (TPSA) is 49.4 Å². The lowest BCUT2D eigenvalue weighted by molar-refractivity contribution is 0.446. The Morgan fingerprint density at radius 1 is 1.55 bits per heavy atom. The molecule has 20 heavy (non-hydrogen) atoms. The highest BCUT2D eigenvalue weighted by Crippen LogP contribution is 2.31. The van der Waals surface area contributed by atoms with Crippen molar-refractivity contribution in [1.82, 2.24) is 9.62 Å². The van der Waals surface area contributed by atoms with E-state index in [1.807, 2.05) is 7.05 Å². The maximum Gasteiger partial charge on any atom is 0.246 e. The smallest absolute Gasteiger partial charge is 0.246 e. The molecule has 0 bridgehead atoms. The largest absolute Gasteiger partial charge is 0.319 e. The molecule has 1 aromatic carbocycles. The van der Waals surface area contributed by atoms with Crippen LogP contribution in [0.2, 0.25) is 5.02 Å². The molecule has 0 amide bonds. The van der Waals surface area contributed by atoms with E-state index in [0.29, 0.717) is 17.6 Å². The van der Waals surface area contributed by atoms with E-state index in [4.69, 9.17) is 11.6 Å². The molecule has 2 rings (SSSR count). The normalized spacial score (nSPS) is 20.5. The average Bonchev–Trinajstić information content (AvgIpc) is 2.83. The zero-order chi connectivity index (χ0) is 14.9. The second kappa shape index (κ2) is 6.27. The van der Waals surface area contributed by atoms with Gasteiger partial charge in [-0.1, -0.05) is 11.6 Å². The molecule has 1 atom stereocenters. The molecule has 1 N–H and O–H groups in total. The first kappa shape index (κ1) is 16.2. The standard InChI is InChI=1S/C12H15BrClFN2O2S/c1-16-6-8-2-3-17(7-8)20(18,19)12-5-10(14)9(13)4-11(12)15/h4-5,8,16H,2-3,6-7H2,1H3. The second-order valence-corrected chi connectivity index (χ2v) is 7.94. The summed E-state index contributed by atoms with van der Waals surface area (Å²) in [5, 5.41) is 3.20. The number of nitrogens with one attached hydrogen (secondary N) is 1. The Kier molecular flexibility index (Phi) is 5.07. The summed E-state index contributed by atoms with van der Waals surface area (Å²) >= 11 is 8.94. The Morgan fingerprint density at radius 2 is 2.25 bits per heavy atom. The fourth-order valence-electron chi connectivity index (χ4n) is 2.31. The van der Waals surface area contributed by atoms with Crippen LogP contribution < -0.4 is 5.32 Å². The van der Waals surface area contributed by atoms with Gasteiger partial charge in [-0.25, -0.2) is 12.8 Å². The fraction of sp³-hybridized carbons (Fsp3) is 0.500. The molecule has 1 aliphatic heterocycles. The van der Waals surface area contributed by atoms with E-state index in [9.17, 15) is 12.8 Å². The van der Waals surface area contributed by atoms with Crippen LogP contribution in [-0.2, 0) is 10.0 Å². The molecule has 0 radical (unpaired) electrons. The molecule has 8 heteroatoms. The Hall–Kier alpha value is -0.210. The highest BCUT2D eigenvalue weighted by atomic mass is 79.9. The third-order valence-electron chi connectivity index (χ3n) is 3.33. The monoisotopic (exact) mass is 384 g/mol. The quantitative estimate of drug-likeness (QED) is 0.810. The van der Waals surface area contributed by atoms with Crippen molar-refractivity contribution in [3.63, 3.8) is 0 Å². The van der Waals surface area contributed by atoms with E-state index >= 15 is 0 Å². The minimum atomic E-state index is -3.83. The van der Waals surface area contributed by atoms with Crippen molar-refractivity contribution >= 4 is 37.6 Å². The summed E-state index contributed by atoms with van der Waals surface area (Å²) in [6.45, 7) is 1.55. The van der Waals surface area contributed by atoms with Gasteiger partial charge in [-0.15, -0.1) is 0 Å². The lowest BCUT2D eigenvalue weighted by atomic mass is 10.1. The lowest BCUT2D eigenvalue weighted by Gasteiger charge is -2.17. The minimum absolute atomic E-state index is 0.177. The molecule has 0 saturated carbocycles. The highest BCUT2D eigenvalue weighted by molar-refractivity contribution is 9.10. The number of benzene rings is 1. The fourth-order valence-corrected chi connectivity index (χ4v) is 4.46. The van der Waals surface area contributed by atoms with Crippen molar-refractivity contribution in [1.29, 1.82) is 0 Å². The number of nitrogens with zero attached hydrogens (tertiary/aromatic N) is 1. The molecule has 0 aliphatic carbocycles. The highest BCUT2D eigenvalue weighted by Gasteiger charge is 2.34. The number of hydrogen-bond donors (Lipinski definition) is 1. The molecule has 0 aromatic heterocycles. The molecule has 1 fully saturated rings. The van der Waals surface area contributed by atoms with Gasteiger partial charge in [0, 0.05) is 17.6 Å². The average molecular weight is 386 g/mol. The van der Waals surface area contributed by atoms with Gasteiger partial charge in [0.2, 0.25) is 10.0 Å². The lowest BCUT2D eigenvalue weighted by Crippen LogP contribution is -2.31. The molecule has 1 saturated heterocycles. The number of halogens is 3. The summed E-state index contributed by atoms with van der Waals surface area (Å²) in [6, 6.07) is 2.23. The Bertz CT molecular complexity index is 612. The van der Waals surface area contributed by atoms with Gasteiger partial charge >= 0.3 is 0 Å². The summed E-state index contributed by atoms with van der Waals surface area (Å²) in [5.41, 5.74) is 0. The van der Waals surface area contributed by atoms with E-state index < -0.39 is 15.8 Å². The number of rotatable bonds is 4. The third kappa shape index (κ3) is 3.17. The van der Waals surface area contributed by atoms with Crippen LogP contribution in [0.25, 0.3) is 0 Å². The van der Waals surface area contributed by atoms with Gasteiger partial charge in [-0.3, -0.25) is 0 Å². The molecule has 1 unspecified atom stereocenters. The van der Waals surface area contributed by atoms with Crippen LogP contribution in [0.5, 0.6) is 0 Å².